The predicted molar refractivity (Wildman–Crippen MR) is 131 cm³/mol. The van der Waals surface area contributed by atoms with Gasteiger partial charge in [-0.1, -0.05) is 81.6 Å². The van der Waals surface area contributed by atoms with Crippen LogP contribution in [0.25, 0.3) is 0 Å². The van der Waals surface area contributed by atoms with Crippen molar-refractivity contribution >= 4 is 0 Å². The van der Waals surface area contributed by atoms with Crippen molar-refractivity contribution in [3.8, 4) is 0 Å². The highest BCUT2D eigenvalue weighted by molar-refractivity contribution is 5.40. The Labute approximate surface area is 189 Å². The quantitative estimate of drug-likeness (QED) is 0.298. The van der Waals surface area contributed by atoms with Crippen molar-refractivity contribution in [3.05, 3.63) is 0 Å². The Balaban J connectivity index is 1.34. The predicted octanol–water partition coefficient (Wildman–Crippen LogP) is 9.38. The lowest BCUT2D eigenvalue weighted by Gasteiger charge is -2.32. The third-order valence-electron chi connectivity index (χ3n) is 11.1. The molecule has 0 aliphatic heterocycles. The lowest BCUT2D eigenvalue weighted by Crippen LogP contribution is -2.22. The van der Waals surface area contributed by atoms with Gasteiger partial charge in [0.1, 0.15) is 0 Å². The molecule has 0 heteroatoms. The molecule has 0 bridgehead atoms. The van der Waals surface area contributed by atoms with E-state index in [1.54, 1.807) is 19.3 Å². The Hall–Kier alpha value is 0. The fourth-order valence-electron chi connectivity index (χ4n) is 9.28. The SMILES string of the molecule is CCC(C)(C)CC(CC1CC(CCCC(C)(C)CC(C)C)C2C3(C)CC123)C1CC1C. The standard InChI is InChI=1S/C30H54/c1-10-27(5,6)18-23(25-14-21(25)4)16-24-15-22(26-29(9)19-30(24,26)29)12-11-13-28(7,8)17-20(2)3/h20-26H,10-19H2,1-9H3. The van der Waals surface area contributed by atoms with Gasteiger partial charge in [0, 0.05) is 0 Å². The van der Waals surface area contributed by atoms with Crippen molar-refractivity contribution in [2.45, 2.75) is 127 Å². The van der Waals surface area contributed by atoms with E-state index in [1.165, 1.54) is 44.9 Å². The minimum absolute atomic E-state index is 0.541. The number of fused-ring (bicyclic) bond motifs is 1. The van der Waals surface area contributed by atoms with Gasteiger partial charge in [-0.05, 0) is 108 Å². The second-order valence-corrected chi connectivity index (χ2v) is 15.1. The number of hydrogen-bond donors (Lipinski definition) is 0. The van der Waals surface area contributed by atoms with Gasteiger partial charge in [-0.15, -0.1) is 0 Å². The average molecular weight is 415 g/mol. The van der Waals surface area contributed by atoms with Crippen LogP contribution < -0.4 is 0 Å². The van der Waals surface area contributed by atoms with Crippen molar-refractivity contribution in [1.82, 2.24) is 0 Å². The van der Waals surface area contributed by atoms with Gasteiger partial charge in [-0.2, -0.15) is 0 Å². The van der Waals surface area contributed by atoms with Gasteiger partial charge in [0.15, 0.2) is 0 Å². The van der Waals surface area contributed by atoms with Crippen molar-refractivity contribution < 1.29 is 0 Å². The molecule has 174 valence electrons. The molecular weight excluding hydrogens is 360 g/mol. The van der Waals surface area contributed by atoms with E-state index in [0.717, 1.165) is 52.3 Å². The van der Waals surface area contributed by atoms with Crippen molar-refractivity contribution in [3.63, 3.8) is 0 Å². The molecule has 0 radical (unpaired) electrons. The molecule has 1 spiro atoms. The first-order chi connectivity index (χ1) is 13.9. The summed E-state index contributed by atoms with van der Waals surface area (Å²) in [6.45, 7) is 22.5. The maximum atomic E-state index is 2.67. The van der Waals surface area contributed by atoms with Gasteiger partial charge in [0.25, 0.3) is 0 Å². The molecule has 8 unspecified atom stereocenters. The normalized spacial score (nSPS) is 42.8. The summed E-state index contributed by atoms with van der Waals surface area (Å²) in [5, 5.41) is 0. The van der Waals surface area contributed by atoms with Gasteiger partial charge in [0.05, 0.1) is 0 Å². The van der Waals surface area contributed by atoms with E-state index in [4.69, 9.17) is 0 Å². The molecule has 4 fully saturated rings. The van der Waals surface area contributed by atoms with Crippen LogP contribution in [0, 0.1) is 63.1 Å². The second-order valence-electron chi connectivity index (χ2n) is 15.1. The minimum Gasteiger partial charge on any atom is -0.0649 e. The first-order valence-electron chi connectivity index (χ1n) is 13.9. The van der Waals surface area contributed by atoms with Gasteiger partial charge in [-0.25, -0.2) is 0 Å². The summed E-state index contributed by atoms with van der Waals surface area (Å²) in [5.41, 5.74) is 2.70. The molecule has 0 aromatic carbocycles. The molecule has 0 aromatic heterocycles. The van der Waals surface area contributed by atoms with Crippen LogP contribution in [0.3, 0.4) is 0 Å². The molecular formula is C30H54. The Morgan fingerprint density at radius 1 is 1.00 bits per heavy atom. The third-order valence-corrected chi connectivity index (χ3v) is 11.1. The molecule has 0 saturated heterocycles. The van der Waals surface area contributed by atoms with E-state index < -0.39 is 0 Å². The van der Waals surface area contributed by atoms with Crippen LogP contribution in [-0.2, 0) is 0 Å². The summed E-state index contributed by atoms with van der Waals surface area (Å²) in [6, 6.07) is 0. The lowest BCUT2D eigenvalue weighted by atomic mass is 9.74. The molecule has 0 heterocycles. The van der Waals surface area contributed by atoms with E-state index in [0.29, 0.717) is 10.8 Å². The topological polar surface area (TPSA) is 0 Å². The maximum Gasteiger partial charge on any atom is -0.0170 e. The third kappa shape index (κ3) is 4.05. The summed E-state index contributed by atoms with van der Waals surface area (Å²) < 4.78 is 0. The fraction of sp³-hybridized carbons (Fsp3) is 1.00. The van der Waals surface area contributed by atoms with E-state index in [1.807, 2.05) is 0 Å². The Morgan fingerprint density at radius 3 is 2.20 bits per heavy atom. The first-order valence-corrected chi connectivity index (χ1v) is 13.9. The van der Waals surface area contributed by atoms with Crippen LogP contribution in [0.15, 0.2) is 0 Å². The van der Waals surface area contributed by atoms with E-state index >= 15 is 0 Å². The molecule has 0 nitrogen and oxygen atoms in total. The molecule has 8 atom stereocenters. The van der Waals surface area contributed by atoms with Crippen molar-refractivity contribution in [2.24, 2.45) is 63.1 Å². The lowest BCUT2D eigenvalue weighted by molar-refractivity contribution is 0.187. The molecule has 4 aliphatic rings. The van der Waals surface area contributed by atoms with E-state index in [-0.39, 0.29) is 0 Å². The Bertz CT molecular complexity index is 626. The first kappa shape index (κ1) is 23.2. The van der Waals surface area contributed by atoms with Crippen LogP contribution in [0.4, 0.5) is 0 Å². The highest BCUT2D eigenvalue weighted by Gasteiger charge is 2.92. The highest BCUT2D eigenvalue weighted by Crippen LogP contribution is 2.98. The summed E-state index contributed by atoms with van der Waals surface area (Å²) in [4.78, 5) is 0. The summed E-state index contributed by atoms with van der Waals surface area (Å²) in [6.07, 6.45) is 15.0. The van der Waals surface area contributed by atoms with Gasteiger partial charge >= 0.3 is 0 Å². The summed E-state index contributed by atoms with van der Waals surface area (Å²) in [5.74, 6) is 7.20. The van der Waals surface area contributed by atoms with Gasteiger partial charge < -0.3 is 0 Å². The van der Waals surface area contributed by atoms with Crippen LogP contribution in [-0.4, -0.2) is 0 Å². The summed E-state index contributed by atoms with van der Waals surface area (Å²) in [7, 11) is 0. The average Bonchev–Trinajstić information content (AvgIpc) is 3.50. The van der Waals surface area contributed by atoms with Crippen LogP contribution in [0.5, 0.6) is 0 Å². The fourth-order valence-corrected chi connectivity index (χ4v) is 9.28. The van der Waals surface area contributed by atoms with Crippen LogP contribution in [0.2, 0.25) is 0 Å². The smallest absolute Gasteiger partial charge is 0.0170 e. The van der Waals surface area contributed by atoms with Crippen LogP contribution in [0.1, 0.15) is 127 Å². The van der Waals surface area contributed by atoms with Gasteiger partial charge in [0.2, 0.25) is 0 Å². The monoisotopic (exact) mass is 414 g/mol. The van der Waals surface area contributed by atoms with E-state index in [2.05, 4.69) is 62.3 Å². The number of rotatable bonds is 12. The van der Waals surface area contributed by atoms with Crippen molar-refractivity contribution in [2.75, 3.05) is 0 Å². The van der Waals surface area contributed by atoms with Gasteiger partial charge in [-0.3, -0.25) is 0 Å². The molecule has 0 amide bonds. The zero-order valence-electron chi connectivity index (χ0n) is 22.1. The second kappa shape index (κ2) is 7.52. The molecule has 4 saturated carbocycles. The van der Waals surface area contributed by atoms with Crippen molar-refractivity contribution in [1.29, 1.82) is 0 Å². The largest absolute Gasteiger partial charge is 0.0649 e. The molecule has 4 aliphatic carbocycles. The molecule has 0 N–H and O–H groups in total. The Morgan fingerprint density at radius 2 is 1.67 bits per heavy atom. The highest BCUT2D eigenvalue weighted by atomic mass is 15.0. The number of hydrogen-bond acceptors (Lipinski definition) is 0. The summed E-state index contributed by atoms with van der Waals surface area (Å²) >= 11 is 0. The van der Waals surface area contributed by atoms with E-state index in [9.17, 15) is 0 Å². The maximum absolute atomic E-state index is 2.67. The molecule has 0 aromatic rings. The zero-order valence-corrected chi connectivity index (χ0v) is 22.1. The molecule has 4 rings (SSSR count). The molecule has 30 heavy (non-hydrogen) atoms. The minimum atomic E-state index is 0.541. The zero-order chi connectivity index (χ0) is 22.1. The van der Waals surface area contributed by atoms with Crippen LogP contribution >= 0.6 is 0 Å². The Kier molecular flexibility index (Phi) is 5.80.